The highest BCUT2D eigenvalue weighted by atomic mass is 16.5. The number of carbonyl (C=O) groups excluding carboxylic acids is 1. The van der Waals surface area contributed by atoms with E-state index in [0.29, 0.717) is 54.1 Å². The zero-order chi connectivity index (χ0) is 24.2. The van der Waals surface area contributed by atoms with Crippen LogP contribution in [0, 0.1) is 6.92 Å². The maximum absolute atomic E-state index is 13.4. The third-order valence-electron chi connectivity index (χ3n) is 6.21. The molecule has 8 heteroatoms. The van der Waals surface area contributed by atoms with Gasteiger partial charge >= 0.3 is 0 Å². The molecule has 1 aliphatic heterocycles. The number of hydrogen-bond acceptors (Lipinski definition) is 6. The molecule has 1 aromatic heterocycles. The molecule has 180 valence electrons. The third kappa shape index (κ3) is 4.59. The van der Waals surface area contributed by atoms with Crippen LogP contribution in [-0.2, 0) is 17.8 Å². The maximum atomic E-state index is 13.4. The molecule has 1 saturated heterocycles. The van der Waals surface area contributed by atoms with Crippen molar-refractivity contribution in [1.29, 1.82) is 0 Å². The molecule has 0 aliphatic carbocycles. The Hall–Kier alpha value is -3.52. The molecule has 2 heterocycles. The van der Waals surface area contributed by atoms with E-state index in [1.54, 1.807) is 18.3 Å². The highest BCUT2D eigenvalue weighted by Crippen LogP contribution is 2.32. The molecule has 1 fully saturated rings. The molecule has 0 spiro atoms. The molecule has 1 N–H and O–H groups in total. The summed E-state index contributed by atoms with van der Waals surface area (Å²) in [5.74, 6) is 0.654. The van der Waals surface area contributed by atoms with Gasteiger partial charge in [0, 0.05) is 43.4 Å². The molecule has 4 rings (SSSR count). The fourth-order valence-electron chi connectivity index (χ4n) is 4.33. The van der Waals surface area contributed by atoms with Gasteiger partial charge in [-0.1, -0.05) is 12.1 Å². The van der Waals surface area contributed by atoms with Crippen molar-refractivity contribution in [1.82, 2.24) is 9.88 Å². The molecule has 0 saturated carbocycles. The van der Waals surface area contributed by atoms with Crippen molar-refractivity contribution in [3.8, 4) is 11.5 Å². The largest absolute Gasteiger partial charge is 0.493 e. The van der Waals surface area contributed by atoms with E-state index < -0.39 is 0 Å². The van der Waals surface area contributed by atoms with Crippen LogP contribution in [-0.4, -0.2) is 51.0 Å². The van der Waals surface area contributed by atoms with Crippen LogP contribution in [0.25, 0.3) is 10.8 Å². The van der Waals surface area contributed by atoms with E-state index in [1.807, 2.05) is 6.92 Å². The first-order valence-corrected chi connectivity index (χ1v) is 11.5. The standard InChI is InChI=1S/C26H31N3O5/c1-5-28-16-21(19-13-23(32-3)24(33-4)14-20(19)26(28)31)25(30)27-15-18-7-6-17(2)12-22(18)29-8-10-34-11-9-29/h6-7,12-14,16H,5,8-11,15H2,1-4H3,(H,27,30). The van der Waals surface area contributed by atoms with E-state index in [9.17, 15) is 9.59 Å². The normalized spacial score (nSPS) is 13.7. The number of nitrogens with zero attached hydrogens (tertiary/aromatic N) is 2. The van der Waals surface area contributed by atoms with Crippen molar-refractivity contribution in [2.75, 3.05) is 45.4 Å². The molecule has 0 radical (unpaired) electrons. The van der Waals surface area contributed by atoms with Gasteiger partial charge in [-0.2, -0.15) is 0 Å². The second-order valence-electron chi connectivity index (χ2n) is 8.30. The Morgan fingerprint density at radius 1 is 1.06 bits per heavy atom. The second-order valence-corrected chi connectivity index (χ2v) is 8.30. The molecule has 2 aromatic carbocycles. The minimum Gasteiger partial charge on any atom is -0.493 e. The Morgan fingerprint density at radius 3 is 2.38 bits per heavy atom. The van der Waals surface area contributed by atoms with Gasteiger partial charge in [-0.3, -0.25) is 9.59 Å². The van der Waals surface area contributed by atoms with E-state index >= 15 is 0 Å². The van der Waals surface area contributed by atoms with E-state index in [1.165, 1.54) is 24.4 Å². The van der Waals surface area contributed by atoms with Crippen LogP contribution < -0.4 is 25.2 Å². The van der Waals surface area contributed by atoms with Crippen LogP contribution in [0.2, 0.25) is 0 Å². The number of pyridine rings is 1. The molecule has 8 nitrogen and oxygen atoms in total. The van der Waals surface area contributed by atoms with Crippen molar-refractivity contribution in [2.45, 2.75) is 26.9 Å². The average Bonchev–Trinajstić information content (AvgIpc) is 2.87. The summed E-state index contributed by atoms with van der Waals surface area (Å²) in [7, 11) is 3.05. The van der Waals surface area contributed by atoms with Crippen LogP contribution in [0.15, 0.2) is 41.3 Å². The first-order chi connectivity index (χ1) is 16.5. The van der Waals surface area contributed by atoms with Gasteiger partial charge in [0.1, 0.15) is 0 Å². The number of methoxy groups -OCH3 is 2. The lowest BCUT2D eigenvalue weighted by Gasteiger charge is -2.31. The number of hydrogen-bond donors (Lipinski definition) is 1. The Labute approximate surface area is 199 Å². The number of morpholine rings is 1. The first kappa shape index (κ1) is 23.6. The monoisotopic (exact) mass is 465 g/mol. The summed E-state index contributed by atoms with van der Waals surface area (Å²) in [5, 5.41) is 4.00. The number of carbonyl (C=O) groups is 1. The van der Waals surface area contributed by atoms with Crippen molar-refractivity contribution in [3.63, 3.8) is 0 Å². The van der Waals surface area contributed by atoms with Gasteiger partial charge in [-0.25, -0.2) is 0 Å². The Balaban J connectivity index is 1.69. The minimum absolute atomic E-state index is 0.178. The van der Waals surface area contributed by atoms with Gasteiger partial charge in [-0.15, -0.1) is 0 Å². The number of aromatic nitrogens is 1. The van der Waals surface area contributed by atoms with Crippen LogP contribution >= 0.6 is 0 Å². The van der Waals surface area contributed by atoms with Crippen LogP contribution in [0.5, 0.6) is 11.5 Å². The van der Waals surface area contributed by atoms with Crippen LogP contribution in [0.4, 0.5) is 5.69 Å². The number of amides is 1. The Bertz CT molecular complexity index is 1260. The van der Waals surface area contributed by atoms with E-state index in [4.69, 9.17) is 14.2 Å². The first-order valence-electron chi connectivity index (χ1n) is 11.5. The van der Waals surface area contributed by atoms with Gasteiger partial charge in [-0.05, 0) is 43.2 Å². The number of benzene rings is 2. The average molecular weight is 466 g/mol. The molecule has 0 atom stereocenters. The van der Waals surface area contributed by atoms with Gasteiger partial charge in [0.2, 0.25) is 0 Å². The van der Waals surface area contributed by atoms with Crippen LogP contribution in [0.1, 0.15) is 28.4 Å². The molecule has 34 heavy (non-hydrogen) atoms. The van der Waals surface area contributed by atoms with E-state index in [-0.39, 0.29) is 11.5 Å². The lowest BCUT2D eigenvalue weighted by Crippen LogP contribution is -2.37. The van der Waals surface area contributed by atoms with Crippen molar-refractivity contribution in [2.24, 2.45) is 0 Å². The molecule has 3 aromatic rings. The van der Waals surface area contributed by atoms with Gasteiger partial charge in [0.25, 0.3) is 11.5 Å². The van der Waals surface area contributed by atoms with Gasteiger partial charge < -0.3 is 29.0 Å². The number of nitrogens with one attached hydrogen (secondary N) is 1. The second kappa shape index (κ2) is 10.2. The summed E-state index contributed by atoms with van der Waals surface area (Å²) in [6, 6.07) is 9.58. The summed E-state index contributed by atoms with van der Waals surface area (Å²) >= 11 is 0. The van der Waals surface area contributed by atoms with E-state index in [2.05, 4.69) is 35.3 Å². The molecule has 0 unspecified atom stereocenters. The molecule has 1 aliphatic rings. The number of rotatable bonds is 7. The van der Waals surface area contributed by atoms with Crippen molar-refractivity contribution >= 4 is 22.4 Å². The third-order valence-corrected chi connectivity index (χ3v) is 6.21. The number of anilines is 1. The SMILES string of the molecule is CCn1cc(C(=O)NCc2ccc(C)cc2N2CCOCC2)c2cc(OC)c(OC)cc2c1=O. The zero-order valence-electron chi connectivity index (χ0n) is 20.1. The topological polar surface area (TPSA) is 82.0 Å². The quantitative estimate of drug-likeness (QED) is 0.578. The summed E-state index contributed by atoms with van der Waals surface area (Å²) in [5.41, 5.74) is 3.55. The predicted octanol–water partition coefficient (Wildman–Crippen LogP) is 3.11. The van der Waals surface area contributed by atoms with Gasteiger partial charge in [0.05, 0.1) is 38.4 Å². The molecular formula is C26H31N3O5. The Kier molecular flexibility index (Phi) is 7.07. The fraction of sp³-hybridized carbons (Fsp3) is 0.385. The van der Waals surface area contributed by atoms with Crippen molar-refractivity contribution < 1.29 is 19.0 Å². The van der Waals surface area contributed by atoms with Crippen LogP contribution in [0.3, 0.4) is 0 Å². The van der Waals surface area contributed by atoms with Crippen molar-refractivity contribution in [3.05, 3.63) is 63.6 Å². The van der Waals surface area contributed by atoms with E-state index in [0.717, 1.165) is 24.3 Å². The predicted molar refractivity (Wildman–Crippen MR) is 132 cm³/mol. The smallest absolute Gasteiger partial charge is 0.258 e. The number of aryl methyl sites for hydroxylation is 2. The van der Waals surface area contributed by atoms with Gasteiger partial charge in [0.15, 0.2) is 11.5 Å². The maximum Gasteiger partial charge on any atom is 0.258 e. The summed E-state index contributed by atoms with van der Waals surface area (Å²) in [6.45, 7) is 7.76. The number of ether oxygens (including phenoxy) is 3. The fourth-order valence-corrected chi connectivity index (χ4v) is 4.33. The summed E-state index contributed by atoms with van der Waals surface area (Å²) in [6.07, 6.45) is 1.62. The summed E-state index contributed by atoms with van der Waals surface area (Å²) in [4.78, 5) is 28.6. The lowest BCUT2D eigenvalue weighted by atomic mass is 10.0. The highest BCUT2D eigenvalue weighted by molar-refractivity contribution is 6.07. The summed E-state index contributed by atoms with van der Waals surface area (Å²) < 4.78 is 17.8. The molecule has 0 bridgehead atoms. The Morgan fingerprint density at radius 2 is 1.74 bits per heavy atom. The molecular weight excluding hydrogens is 434 g/mol. The highest BCUT2D eigenvalue weighted by Gasteiger charge is 2.19. The minimum atomic E-state index is -0.257. The lowest BCUT2D eigenvalue weighted by molar-refractivity contribution is 0.0951. The number of fused-ring (bicyclic) bond motifs is 1. The zero-order valence-corrected chi connectivity index (χ0v) is 20.1. The molecule has 1 amide bonds.